The molecular formula is C21H33N5O4S. The molecular weight excluding hydrogens is 418 g/mol. The van der Waals surface area contributed by atoms with Crippen molar-refractivity contribution >= 4 is 29.2 Å². The molecule has 2 heterocycles. The summed E-state index contributed by atoms with van der Waals surface area (Å²) in [7, 11) is 2.04. The number of likely N-dealkylation sites (N-methyl/N-ethyl adjacent to an activating group) is 1. The third-order valence-electron chi connectivity index (χ3n) is 5.29. The van der Waals surface area contributed by atoms with Crippen molar-refractivity contribution in [1.29, 1.82) is 0 Å². The van der Waals surface area contributed by atoms with E-state index >= 15 is 0 Å². The van der Waals surface area contributed by atoms with Crippen molar-refractivity contribution in [1.82, 2.24) is 25.8 Å². The summed E-state index contributed by atoms with van der Waals surface area (Å²) >= 11 is 1.36. The molecule has 172 valence electrons. The highest BCUT2D eigenvalue weighted by Gasteiger charge is 2.28. The van der Waals surface area contributed by atoms with Gasteiger partial charge in [0.2, 0.25) is 5.91 Å². The lowest BCUT2D eigenvalue weighted by atomic mass is 10.2. The smallest absolute Gasteiger partial charge is 0.407 e. The van der Waals surface area contributed by atoms with E-state index in [-0.39, 0.29) is 18.5 Å². The number of hydrogen-bond donors (Lipinski definition) is 3. The monoisotopic (exact) mass is 451 g/mol. The van der Waals surface area contributed by atoms with Crippen molar-refractivity contribution in [3.63, 3.8) is 0 Å². The Morgan fingerprint density at radius 2 is 1.97 bits per heavy atom. The highest BCUT2D eigenvalue weighted by atomic mass is 32.1. The predicted octanol–water partition coefficient (Wildman–Crippen LogP) is 1.81. The van der Waals surface area contributed by atoms with Gasteiger partial charge in [-0.1, -0.05) is 12.8 Å². The molecule has 3 rings (SSSR count). The molecule has 1 aliphatic heterocycles. The Kier molecular flexibility index (Phi) is 7.53. The number of nitrogens with one attached hydrogen (secondary N) is 3. The van der Waals surface area contributed by atoms with Crippen LogP contribution < -0.4 is 16.0 Å². The van der Waals surface area contributed by atoms with Gasteiger partial charge in [-0.2, -0.15) is 0 Å². The number of thiazole rings is 1. The lowest BCUT2D eigenvalue weighted by Crippen LogP contribution is -2.54. The molecule has 2 aliphatic rings. The van der Waals surface area contributed by atoms with Gasteiger partial charge in [-0.05, 0) is 40.7 Å². The van der Waals surface area contributed by atoms with Crippen LogP contribution in [0.15, 0.2) is 0 Å². The number of amides is 3. The van der Waals surface area contributed by atoms with Crippen molar-refractivity contribution in [3.05, 3.63) is 15.6 Å². The minimum Gasteiger partial charge on any atom is -0.444 e. The van der Waals surface area contributed by atoms with E-state index in [4.69, 9.17) is 4.74 Å². The van der Waals surface area contributed by atoms with Crippen LogP contribution in [0.25, 0.3) is 0 Å². The lowest BCUT2D eigenvalue weighted by Gasteiger charge is -2.23. The van der Waals surface area contributed by atoms with Gasteiger partial charge in [0, 0.05) is 30.4 Å². The zero-order chi connectivity index (χ0) is 22.6. The number of hydrogen-bond acceptors (Lipinski definition) is 7. The number of alkyl carbamates (subject to hydrolysis) is 1. The Hall–Kier alpha value is -2.20. The van der Waals surface area contributed by atoms with Gasteiger partial charge in [0.1, 0.15) is 11.6 Å². The Morgan fingerprint density at radius 3 is 2.65 bits per heavy atom. The van der Waals surface area contributed by atoms with Crippen molar-refractivity contribution in [2.45, 2.75) is 77.1 Å². The van der Waals surface area contributed by atoms with Gasteiger partial charge in [-0.3, -0.25) is 9.59 Å². The van der Waals surface area contributed by atoms with Crippen molar-refractivity contribution in [2.24, 2.45) is 0 Å². The summed E-state index contributed by atoms with van der Waals surface area (Å²) in [5.74, 6) is -0.711. The molecule has 10 heteroatoms. The first-order valence-corrected chi connectivity index (χ1v) is 11.7. The maximum absolute atomic E-state index is 12.9. The highest BCUT2D eigenvalue weighted by Crippen LogP contribution is 2.24. The molecule has 1 atom stereocenters. The lowest BCUT2D eigenvalue weighted by molar-refractivity contribution is -0.123. The molecule has 31 heavy (non-hydrogen) atoms. The second kappa shape index (κ2) is 9.95. The summed E-state index contributed by atoms with van der Waals surface area (Å²) in [6, 6.07) is -0.805. The van der Waals surface area contributed by atoms with Crippen LogP contribution >= 0.6 is 11.3 Å². The SMILES string of the molecule is CN1CCc2nc(C(=O)NC(CNC(=O)OC(C)(C)C)C(=O)NC3CCCC3)sc2C1. The zero-order valence-corrected chi connectivity index (χ0v) is 19.6. The molecule has 0 bridgehead atoms. The van der Waals surface area contributed by atoms with Crippen LogP contribution in [0.4, 0.5) is 4.79 Å². The van der Waals surface area contributed by atoms with E-state index in [0.29, 0.717) is 5.01 Å². The Labute approximate surface area is 187 Å². The molecule has 3 N–H and O–H groups in total. The first-order valence-electron chi connectivity index (χ1n) is 10.9. The van der Waals surface area contributed by atoms with Crippen LogP contribution in [0, 0.1) is 0 Å². The van der Waals surface area contributed by atoms with Gasteiger partial charge in [0.15, 0.2) is 5.01 Å². The van der Waals surface area contributed by atoms with Crippen LogP contribution in [0.1, 0.15) is 66.8 Å². The number of carbonyl (C=O) groups excluding carboxylic acids is 3. The van der Waals surface area contributed by atoms with E-state index in [1.807, 2.05) is 7.05 Å². The topological polar surface area (TPSA) is 113 Å². The van der Waals surface area contributed by atoms with Crippen LogP contribution in [0.5, 0.6) is 0 Å². The third-order valence-corrected chi connectivity index (χ3v) is 6.37. The fourth-order valence-corrected chi connectivity index (χ4v) is 4.81. The average Bonchev–Trinajstić information content (AvgIpc) is 3.32. The first-order chi connectivity index (χ1) is 14.6. The molecule has 1 aromatic heterocycles. The molecule has 3 amide bonds. The normalized spacial score (nSPS) is 18.2. The quantitative estimate of drug-likeness (QED) is 0.608. The number of fused-ring (bicyclic) bond motifs is 1. The minimum atomic E-state index is -0.913. The Bertz CT molecular complexity index is 813. The number of nitrogens with zero attached hydrogens (tertiary/aromatic N) is 2. The van der Waals surface area contributed by atoms with Crippen molar-refractivity contribution < 1.29 is 19.1 Å². The second-order valence-corrected chi connectivity index (χ2v) is 10.4. The zero-order valence-electron chi connectivity index (χ0n) is 18.7. The predicted molar refractivity (Wildman–Crippen MR) is 118 cm³/mol. The molecule has 1 saturated carbocycles. The van der Waals surface area contributed by atoms with E-state index in [0.717, 1.165) is 55.8 Å². The fourth-order valence-electron chi connectivity index (χ4n) is 3.72. The molecule has 0 spiro atoms. The van der Waals surface area contributed by atoms with E-state index in [2.05, 4.69) is 25.8 Å². The van der Waals surface area contributed by atoms with Crippen molar-refractivity contribution in [2.75, 3.05) is 20.1 Å². The van der Waals surface area contributed by atoms with E-state index < -0.39 is 23.6 Å². The Balaban J connectivity index is 1.65. The number of carbonyl (C=O) groups is 3. The van der Waals surface area contributed by atoms with Crippen LogP contribution in [-0.4, -0.2) is 65.6 Å². The summed E-state index contributed by atoms with van der Waals surface area (Å²) in [6.07, 6.45) is 4.20. The second-order valence-electron chi connectivity index (χ2n) is 9.28. The first kappa shape index (κ1) is 23.5. The maximum atomic E-state index is 12.9. The summed E-state index contributed by atoms with van der Waals surface area (Å²) in [5.41, 5.74) is 0.300. The largest absolute Gasteiger partial charge is 0.444 e. The van der Waals surface area contributed by atoms with Gasteiger partial charge >= 0.3 is 6.09 Å². The molecule has 1 aliphatic carbocycles. The molecule has 1 aromatic rings. The summed E-state index contributed by atoms with van der Waals surface area (Å²) in [5, 5.41) is 8.69. The Morgan fingerprint density at radius 1 is 1.26 bits per heavy atom. The van der Waals surface area contributed by atoms with Gasteiger partial charge in [0.25, 0.3) is 5.91 Å². The van der Waals surface area contributed by atoms with E-state index in [1.165, 1.54) is 11.3 Å². The third kappa shape index (κ3) is 6.90. The molecule has 0 radical (unpaired) electrons. The van der Waals surface area contributed by atoms with E-state index in [9.17, 15) is 14.4 Å². The van der Waals surface area contributed by atoms with Crippen molar-refractivity contribution in [3.8, 4) is 0 Å². The summed E-state index contributed by atoms with van der Waals surface area (Å²) in [6.45, 7) is 6.91. The van der Waals surface area contributed by atoms with E-state index in [1.54, 1.807) is 20.8 Å². The molecule has 0 aromatic carbocycles. The number of aromatic nitrogens is 1. The fraction of sp³-hybridized carbons (Fsp3) is 0.714. The molecule has 1 unspecified atom stereocenters. The molecule has 0 saturated heterocycles. The average molecular weight is 452 g/mol. The van der Waals surface area contributed by atoms with Crippen LogP contribution in [0.3, 0.4) is 0 Å². The minimum absolute atomic E-state index is 0.0625. The number of rotatable bonds is 6. The summed E-state index contributed by atoms with van der Waals surface area (Å²) in [4.78, 5) is 45.5. The van der Waals surface area contributed by atoms with Gasteiger partial charge in [0.05, 0.1) is 12.2 Å². The maximum Gasteiger partial charge on any atom is 0.407 e. The van der Waals surface area contributed by atoms with Crippen LogP contribution in [-0.2, 0) is 22.5 Å². The standard InChI is InChI=1S/C21H33N5O4S/c1-21(2,3)30-20(29)22-11-15(17(27)23-13-7-5-6-8-13)24-18(28)19-25-14-9-10-26(4)12-16(14)31-19/h13,15H,5-12H2,1-4H3,(H,22,29)(H,23,27)(H,24,28). The van der Waals surface area contributed by atoms with Crippen LogP contribution in [0.2, 0.25) is 0 Å². The molecule has 9 nitrogen and oxygen atoms in total. The van der Waals surface area contributed by atoms with Gasteiger partial charge < -0.3 is 25.6 Å². The molecule has 1 fully saturated rings. The van der Waals surface area contributed by atoms with Gasteiger partial charge in [-0.15, -0.1) is 11.3 Å². The highest BCUT2D eigenvalue weighted by molar-refractivity contribution is 7.13. The number of ether oxygens (including phenoxy) is 1. The van der Waals surface area contributed by atoms with Gasteiger partial charge in [-0.25, -0.2) is 9.78 Å². The summed E-state index contributed by atoms with van der Waals surface area (Å²) < 4.78 is 5.25.